The maximum atomic E-state index is 11.2. The molecule has 2 aromatic carbocycles. The van der Waals surface area contributed by atoms with Gasteiger partial charge in [-0.1, -0.05) is 41.9 Å². The zero-order valence-electron chi connectivity index (χ0n) is 16.1. The third-order valence-corrected chi connectivity index (χ3v) is 6.80. The molecule has 0 amide bonds. The standard InChI is InChI=1S/C24H15ClN2O2S2/c25-18-9-3-15(4-10-18)14-31-23-20(13-26)19(22-2-1-11-30-22)12-21(27-23)16-5-7-17(8-6-16)24(28)29/h1-12H,14H2,(H,28,29). The summed E-state index contributed by atoms with van der Waals surface area (Å²) < 4.78 is 0. The SMILES string of the molecule is N#Cc1c(-c2cccs2)cc(-c2ccc(C(=O)O)cc2)nc1SCc1ccc(Cl)cc1. The first kappa shape index (κ1) is 21.1. The predicted molar refractivity (Wildman–Crippen MR) is 126 cm³/mol. The van der Waals surface area contributed by atoms with Crippen molar-refractivity contribution in [3.63, 3.8) is 0 Å². The van der Waals surface area contributed by atoms with Crippen molar-refractivity contribution in [1.29, 1.82) is 5.26 Å². The first-order valence-corrected chi connectivity index (χ1v) is 11.5. The Kier molecular flexibility index (Phi) is 6.38. The molecule has 2 heterocycles. The Morgan fingerprint density at radius 1 is 1.13 bits per heavy atom. The first-order chi connectivity index (χ1) is 15.0. The summed E-state index contributed by atoms with van der Waals surface area (Å²) in [6.07, 6.45) is 0. The van der Waals surface area contributed by atoms with Gasteiger partial charge in [0.05, 0.1) is 16.8 Å². The summed E-state index contributed by atoms with van der Waals surface area (Å²) in [6.45, 7) is 0. The normalized spacial score (nSPS) is 10.6. The maximum absolute atomic E-state index is 11.2. The number of thioether (sulfide) groups is 1. The molecule has 4 rings (SSSR count). The van der Waals surface area contributed by atoms with Crippen molar-refractivity contribution in [2.75, 3.05) is 0 Å². The molecule has 0 saturated carbocycles. The van der Waals surface area contributed by atoms with Gasteiger partial charge in [-0.2, -0.15) is 5.26 Å². The van der Waals surface area contributed by atoms with Crippen LogP contribution in [0.1, 0.15) is 21.5 Å². The van der Waals surface area contributed by atoms with Crippen LogP contribution >= 0.6 is 34.7 Å². The van der Waals surface area contributed by atoms with Crippen LogP contribution in [0.25, 0.3) is 21.7 Å². The van der Waals surface area contributed by atoms with Crippen LogP contribution in [0, 0.1) is 11.3 Å². The number of nitrogens with zero attached hydrogens (tertiary/aromatic N) is 2. The lowest BCUT2D eigenvalue weighted by atomic mass is 10.0. The highest BCUT2D eigenvalue weighted by molar-refractivity contribution is 7.98. The van der Waals surface area contributed by atoms with Crippen LogP contribution < -0.4 is 0 Å². The maximum Gasteiger partial charge on any atom is 0.335 e. The van der Waals surface area contributed by atoms with E-state index in [0.717, 1.165) is 21.6 Å². The number of rotatable bonds is 6. The van der Waals surface area contributed by atoms with Gasteiger partial charge in [0.2, 0.25) is 0 Å². The van der Waals surface area contributed by atoms with Crippen molar-refractivity contribution in [1.82, 2.24) is 4.98 Å². The molecular weight excluding hydrogens is 448 g/mol. The molecule has 4 nitrogen and oxygen atoms in total. The third kappa shape index (κ3) is 4.80. The van der Waals surface area contributed by atoms with Gasteiger partial charge in [-0.15, -0.1) is 23.1 Å². The van der Waals surface area contributed by atoms with Crippen LogP contribution in [0.4, 0.5) is 0 Å². The van der Waals surface area contributed by atoms with E-state index in [0.29, 0.717) is 27.1 Å². The summed E-state index contributed by atoms with van der Waals surface area (Å²) in [6, 6.07) is 22.3. The van der Waals surface area contributed by atoms with Crippen LogP contribution in [0.2, 0.25) is 5.02 Å². The van der Waals surface area contributed by atoms with Crippen molar-refractivity contribution < 1.29 is 9.90 Å². The summed E-state index contributed by atoms with van der Waals surface area (Å²) in [5.41, 5.74) is 4.14. The average molecular weight is 463 g/mol. The van der Waals surface area contributed by atoms with Crippen molar-refractivity contribution >= 4 is 40.7 Å². The van der Waals surface area contributed by atoms with Gasteiger partial charge in [-0.25, -0.2) is 9.78 Å². The van der Waals surface area contributed by atoms with E-state index in [1.54, 1.807) is 35.6 Å². The fourth-order valence-corrected chi connectivity index (χ4v) is 4.86. The van der Waals surface area contributed by atoms with Gasteiger partial charge in [-0.3, -0.25) is 0 Å². The highest BCUT2D eigenvalue weighted by Gasteiger charge is 2.17. The van der Waals surface area contributed by atoms with Crippen molar-refractivity contribution in [3.8, 4) is 27.8 Å². The van der Waals surface area contributed by atoms with E-state index in [-0.39, 0.29) is 5.56 Å². The minimum absolute atomic E-state index is 0.216. The number of carboxylic acids is 1. The summed E-state index contributed by atoms with van der Waals surface area (Å²) in [5, 5.41) is 22.4. The monoisotopic (exact) mass is 462 g/mol. The number of thiophene rings is 1. The number of halogens is 1. The molecule has 7 heteroatoms. The summed E-state index contributed by atoms with van der Waals surface area (Å²) in [7, 11) is 0. The number of aromatic carboxylic acids is 1. The molecule has 0 spiro atoms. The number of hydrogen-bond donors (Lipinski definition) is 1. The minimum Gasteiger partial charge on any atom is -0.478 e. The molecule has 31 heavy (non-hydrogen) atoms. The van der Waals surface area contributed by atoms with E-state index in [1.165, 1.54) is 11.8 Å². The molecule has 0 atom stereocenters. The van der Waals surface area contributed by atoms with E-state index in [2.05, 4.69) is 6.07 Å². The highest BCUT2D eigenvalue weighted by atomic mass is 35.5. The summed E-state index contributed by atoms with van der Waals surface area (Å²) in [4.78, 5) is 16.9. The van der Waals surface area contributed by atoms with Gasteiger partial charge < -0.3 is 5.11 Å². The fraction of sp³-hybridized carbons (Fsp3) is 0.0417. The average Bonchev–Trinajstić information content (AvgIpc) is 3.33. The zero-order chi connectivity index (χ0) is 21.8. The number of carboxylic acid groups (broad SMARTS) is 1. The second kappa shape index (κ2) is 9.36. The van der Waals surface area contributed by atoms with E-state index >= 15 is 0 Å². The van der Waals surface area contributed by atoms with Crippen molar-refractivity contribution in [3.05, 3.63) is 93.8 Å². The molecule has 152 valence electrons. The van der Waals surface area contributed by atoms with Gasteiger partial charge >= 0.3 is 5.97 Å². The predicted octanol–water partition coefficient (Wildman–Crippen LogP) is 6.99. The Labute approximate surface area is 192 Å². The number of pyridine rings is 1. The Balaban J connectivity index is 1.77. The Morgan fingerprint density at radius 3 is 2.48 bits per heavy atom. The van der Waals surface area contributed by atoms with Crippen LogP contribution in [0.15, 0.2) is 77.1 Å². The quantitative estimate of drug-likeness (QED) is 0.312. The van der Waals surface area contributed by atoms with Crippen LogP contribution in [-0.2, 0) is 5.75 Å². The molecule has 0 saturated heterocycles. The van der Waals surface area contributed by atoms with Crippen LogP contribution in [0.3, 0.4) is 0 Å². The second-order valence-electron chi connectivity index (χ2n) is 6.62. The lowest BCUT2D eigenvalue weighted by Gasteiger charge is -2.12. The number of hydrogen-bond acceptors (Lipinski definition) is 5. The first-order valence-electron chi connectivity index (χ1n) is 9.25. The number of nitriles is 1. The fourth-order valence-electron chi connectivity index (χ4n) is 3.02. The molecule has 1 N–H and O–H groups in total. The highest BCUT2D eigenvalue weighted by Crippen LogP contribution is 2.37. The zero-order valence-corrected chi connectivity index (χ0v) is 18.5. The van der Waals surface area contributed by atoms with Gasteiger partial charge in [-0.05, 0) is 47.3 Å². The molecule has 0 aliphatic heterocycles. The van der Waals surface area contributed by atoms with Crippen LogP contribution in [0.5, 0.6) is 0 Å². The number of benzene rings is 2. The van der Waals surface area contributed by atoms with E-state index in [1.807, 2.05) is 47.8 Å². The van der Waals surface area contributed by atoms with E-state index < -0.39 is 5.97 Å². The summed E-state index contributed by atoms with van der Waals surface area (Å²) >= 11 is 9.03. The Bertz CT molecular complexity index is 1260. The lowest BCUT2D eigenvalue weighted by Crippen LogP contribution is -1.97. The topological polar surface area (TPSA) is 74.0 Å². The summed E-state index contributed by atoms with van der Waals surface area (Å²) in [5.74, 6) is -0.331. The molecule has 0 aliphatic rings. The molecule has 0 radical (unpaired) electrons. The second-order valence-corrected chi connectivity index (χ2v) is 8.97. The minimum atomic E-state index is -0.974. The van der Waals surface area contributed by atoms with Gasteiger partial charge in [0.1, 0.15) is 11.1 Å². The van der Waals surface area contributed by atoms with Gasteiger partial charge in [0.25, 0.3) is 0 Å². The van der Waals surface area contributed by atoms with Crippen molar-refractivity contribution in [2.45, 2.75) is 10.8 Å². The molecular formula is C24H15ClN2O2S2. The molecule has 0 unspecified atom stereocenters. The largest absolute Gasteiger partial charge is 0.478 e. The third-order valence-electron chi connectivity index (χ3n) is 4.60. The number of aromatic nitrogens is 1. The smallest absolute Gasteiger partial charge is 0.335 e. The Hall–Kier alpha value is -3.11. The Morgan fingerprint density at radius 2 is 1.87 bits per heavy atom. The molecule has 0 bridgehead atoms. The van der Waals surface area contributed by atoms with E-state index in [9.17, 15) is 10.1 Å². The molecule has 0 fully saturated rings. The molecule has 0 aliphatic carbocycles. The van der Waals surface area contributed by atoms with E-state index in [4.69, 9.17) is 21.7 Å². The van der Waals surface area contributed by atoms with Gasteiger partial charge in [0, 0.05) is 26.8 Å². The van der Waals surface area contributed by atoms with Gasteiger partial charge in [0.15, 0.2) is 0 Å². The van der Waals surface area contributed by atoms with Crippen LogP contribution in [-0.4, -0.2) is 16.1 Å². The molecule has 4 aromatic rings. The van der Waals surface area contributed by atoms with Crippen molar-refractivity contribution in [2.24, 2.45) is 0 Å². The lowest BCUT2D eigenvalue weighted by molar-refractivity contribution is 0.0697. The molecule has 2 aromatic heterocycles. The number of carbonyl (C=O) groups is 1.